The maximum Gasteiger partial charge on any atom is 0.124 e. The van der Waals surface area contributed by atoms with Crippen molar-refractivity contribution in [1.29, 1.82) is 0 Å². The molecule has 4 heteroatoms. The van der Waals surface area contributed by atoms with E-state index >= 15 is 0 Å². The zero-order chi connectivity index (χ0) is 15.2. The van der Waals surface area contributed by atoms with Gasteiger partial charge < -0.3 is 10.5 Å². The Morgan fingerprint density at radius 1 is 1.29 bits per heavy atom. The second-order valence-electron chi connectivity index (χ2n) is 5.96. The minimum absolute atomic E-state index is 0.0809. The molecule has 0 bridgehead atoms. The Morgan fingerprint density at radius 2 is 2.00 bits per heavy atom. The molecule has 0 saturated heterocycles. The van der Waals surface area contributed by atoms with Crippen LogP contribution in [0, 0.1) is 11.7 Å². The first-order valence-electron chi connectivity index (χ1n) is 7.92. The van der Waals surface area contributed by atoms with Gasteiger partial charge in [0.1, 0.15) is 5.82 Å². The number of hydrogen-bond acceptors (Lipinski definition) is 2. The van der Waals surface area contributed by atoms with E-state index in [2.05, 4.69) is 15.9 Å². The highest BCUT2D eigenvalue weighted by Crippen LogP contribution is 2.30. The molecule has 1 saturated carbocycles. The molecule has 118 valence electrons. The van der Waals surface area contributed by atoms with Gasteiger partial charge in [-0.2, -0.15) is 0 Å². The van der Waals surface area contributed by atoms with Gasteiger partial charge in [-0.05, 0) is 55.9 Å². The van der Waals surface area contributed by atoms with Crippen molar-refractivity contribution in [3.8, 4) is 0 Å². The molecule has 2 atom stereocenters. The van der Waals surface area contributed by atoms with E-state index in [1.54, 1.807) is 6.07 Å². The molecule has 1 aliphatic carbocycles. The number of ether oxygens (including phenoxy) is 1. The zero-order valence-electron chi connectivity index (χ0n) is 12.7. The molecule has 0 amide bonds. The predicted octanol–water partition coefficient (Wildman–Crippen LogP) is 4.44. The smallest absolute Gasteiger partial charge is 0.124 e. The molecule has 0 aromatic heterocycles. The Bertz CT molecular complexity index is 428. The molecule has 0 radical (unpaired) electrons. The lowest BCUT2D eigenvalue weighted by Crippen LogP contribution is -2.44. The van der Waals surface area contributed by atoms with Crippen LogP contribution in [0.5, 0.6) is 0 Å². The van der Waals surface area contributed by atoms with Gasteiger partial charge >= 0.3 is 0 Å². The van der Waals surface area contributed by atoms with Gasteiger partial charge in [0.25, 0.3) is 0 Å². The van der Waals surface area contributed by atoms with Gasteiger partial charge in [-0.25, -0.2) is 4.39 Å². The quantitative estimate of drug-likeness (QED) is 0.816. The van der Waals surface area contributed by atoms with Crippen molar-refractivity contribution in [2.45, 2.75) is 57.6 Å². The molecular formula is C17H25BrFNO. The molecule has 21 heavy (non-hydrogen) atoms. The largest absolute Gasteiger partial charge is 0.377 e. The lowest BCUT2D eigenvalue weighted by atomic mass is 9.81. The molecule has 0 spiro atoms. The summed E-state index contributed by atoms with van der Waals surface area (Å²) >= 11 is 3.34. The number of nitrogens with two attached hydrogens (primary N) is 1. The Morgan fingerprint density at radius 3 is 2.62 bits per heavy atom. The minimum atomic E-state index is -0.225. The van der Waals surface area contributed by atoms with E-state index in [0.29, 0.717) is 18.9 Å². The maximum atomic E-state index is 13.5. The molecule has 2 rings (SSSR count). The van der Waals surface area contributed by atoms with Gasteiger partial charge in [0.2, 0.25) is 0 Å². The van der Waals surface area contributed by atoms with Gasteiger partial charge in [0.05, 0.1) is 6.10 Å². The highest BCUT2D eigenvalue weighted by molar-refractivity contribution is 9.10. The lowest BCUT2D eigenvalue weighted by Gasteiger charge is -2.34. The van der Waals surface area contributed by atoms with E-state index in [0.717, 1.165) is 10.0 Å². The van der Waals surface area contributed by atoms with Crippen molar-refractivity contribution < 1.29 is 9.13 Å². The van der Waals surface area contributed by atoms with Crippen LogP contribution in [0.15, 0.2) is 22.7 Å². The Kier molecular flexibility index (Phi) is 6.65. The van der Waals surface area contributed by atoms with Crippen LogP contribution in [0.3, 0.4) is 0 Å². The molecule has 0 heterocycles. The third kappa shape index (κ3) is 5.04. The van der Waals surface area contributed by atoms with E-state index in [-0.39, 0.29) is 18.0 Å². The molecular weight excluding hydrogens is 333 g/mol. The van der Waals surface area contributed by atoms with Crippen LogP contribution in [0.25, 0.3) is 0 Å². The summed E-state index contributed by atoms with van der Waals surface area (Å²) in [5.41, 5.74) is 7.33. The zero-order valence-corrected chi connectivity index (χ0v) is 14.2. The Hall–Kier alpha value is -0.450. The molecule has 2 unspecified atom stereocenters. The fraction of sp³-hybridized carbons (Fsp3) is 0.647. The van der Waals surface area contributed by atoms with Crippen LogP contribution in [-0.2, 0) is 11.2 Å². The van der Waals surface area contributed by atoms with Crippen LogP contribution >= 0.6 is 15.9 Å². The van der Waals surface area contributed by atoms with Crippen molar-refractivity contribution >= 4 is 15.9 Å². The van der Waals surface area contributed by atoms with Crippen LogP contribution in [0.4, 0.5) is 4.39 Å². The molecule has 1 aromatic rings. The van der Waals surface area contributed by atoms with Crippen molar-refractivity contribution in [2.75, 3.05) is 6.61 Å². The highest BCUT2D eigenvalue weighted by Gasteiger charge is 2.29. The summed E-state index contributed by atoms with van der Waals surface area (Å²) in [5.74, 6) is 0.322. The second kappa shape index (κ2) is 8.25. The number of hydrogen-bond donors (Lipinski definition) is 1. The summed E-state index contributed by atoms with van der Waals surface area (Å²) in [6, 6.07) is 4.89. The summed E-state index contributed by atoms with van der Waals surface area (Å²) in [5, 5.41) is 0. The first-order valence-corrected chi connectivity index (χ1v) is 8.71. The molecule has 0 aliphatic heterocycles. The van der Waals surface area contributed by atoms with Crippen LogP contribution < -0.4 is 5.73 Å². The van der Waals surface area contributed by atoms with Crippen molar-refractivity contribution in [1.82, 2.24) is 0 Å². The second-order valence-corrected chi connectivity index (χ2v) is 6.88. The average molecular weight is 358 g/mol. The van der Waals surface area contributed by atoms with Gasteiger partial charge in [0.15, 0.2) is 0 Å². The molecule has 2 N–H and O–H groups in total. The van der Waals surface area contributed by atoms with Crippen molar-refractivity contribution in [2.24, 2.45) is 11.7 Å². The lowest BCUT2D eigenvalue weighted by molar-refractivity contribution is -0.00913. The standard InChI is InChI=1S/C17H25BrFNO/c1-2-21-17(13-6-4-3-5-7-13)16(20)10-12-8-14(18)11-15(19)9-12/h8-9,11,13,16-17H,2-7,10,20H2,1H3. The Balaban J connectivity index is 2.04. The molecule has 2 nitrogen and oxygen atoms in total. The fourth-order valence-electron chi connectivity index (χ4n) is 3.38. The molecule has 1 fully saturated rings. The van der Waals surface area contributed by atoms with E-state index in [1.165, 1.54) is 38.2 Å². The van der Waals surface area contributed by atoms with Crippen LogP contribution in [-0.4, -0.2) is 18.8 Å². The maximum absolute atomic E-state index is 13.5. The van der Waals surface area contributed by atoms with Crippen LogP contribution in [0.1, 0.15) is 44.6 Å². The average Bonchev–Trinajstić information content (AvgIpc) is 2.44. The fourth-order valence-corrected chi connectivity index (χ4v) is 3.89. The number of halogens is 2. The summed E-state index contributed by atoms with van der Waals surface area (Å²) in [6.07, 6.45) is 6.99. The third-order valence-corrected chi connectivity index (χ3v) is 4.75. The third-order valence-electron chi connectivity index (χ3n) is 4.29. The molecule has 1 aliphatic rings. The van der Waals surface area contributed by atoms with Crippen molar-refractivity contribution in [3.63, 3.8) is 0 Å². The van der Waals surface area contributed by atoms with E-state index in [1.807, 2.05) is 13.0 Å². The van der Waals surface area contributed by atoms with Gasteiger partial charge in [-0.1, -0.05) is 35.2 Å². The summed E-state index contributed by atoms with van der Waals surface area (Å²) in [6.45, 7) is 2.70. The normalized spacial score (nSPS) is 19.4. The van der Waals surface area contributed by atoms with Crippen LogP contribution in [0.2, 0.25) is 0 Å². The monoisotopic (exact) mass is 357 g/mol. The summed E-state index contributed by atoms with van der Waals surface area (Å²) in [7, 11) is 0. The number of rotatable bonds is 6. The van der Waals surface area contributed by atoms with Crippen molar-refractivity contribution in [3.05, 3.63) is 34.1 Å². The van der Waals surface area contributed by atoms with E-state index < -0.39 is 0 Å². The first-order chi connectivity index (χ1) is 10.1. The SMILES string of the molecule is CCOC(C(N)Cc1cc(F)cc(Br)c1)C1CCCCC1. The van der Waals surface area contributed by atoms with Gasteiger partial charge in [-0.3, -0.25) is 0 Å². The summed E-state index contributed by atoms with van der Waals surface area (Å²) in [4.78, 5) is 0. The predicted molar refractivity (Wildman–Crippen MR) is 87.8 cm³/mol. The topological polar surface area (TPSA) is 35.2 Å². The first kappa shape index (κ1) is 16.9. The van der Waals surface area contributed by atoms with Gasteiger partial charge in [-0.15, -0.1) is 0 Å². The van der Waals surface area contributed by atoms with Gasteiger partial charge in [0, 0.05) is 17.1 Å². The summed E-state index contributed by atoms with van der Waals surface area (Å²) < 4.78 is 20.2. The molecule has 1 aromatic carbocycles. The Labute approximate surface area is 135 Å². The van der Waals surface area contributed by atoms with E-state index in [9.17, 15) is 4.39 Å². The van der Waals surface area contributed by atoms with E-state index in [4.69, 9.17) is 10.5 Å². The highest BCUT2D eigenvalue weighted by atomic mass is 79.9. The minimum Gasteiger partial charge on any atom is -0.377 e. The number of benzene rings is 1.